The van der Waals surface area contributed by atoms with Gasteiger partial charge in [-0.15, -0.1) is 0 Å². The minimum atomic E-state index is -0.292. The molecule has 1 fully saturated rings. The predicted octanol–water partition coefficient (Wildman–Crippen LogP) is 3.33. The number of likely N-dealkylation sites (tertiary alicyclic amines) is 1. The smallest absolute Gasteiger partial charge is 0.0981 e. The quantitative estimate of drug-likeness (QED) is 0.619. The molecule has 1 aliphatic rings. The molecule has 106 valence electrons. The monoisotopic (exact) mass is 263 g/mol. The first kappa shape index (κ1) is 14.5. The van der Waals surface area contributed by atoms with Gasteiger partial charge in [-0.25, -0.2) is 0 Å². The van der Waals surface area contributed by atoms with E-state index >= 15 is 0 Å². The molecular weight excluding hydrogens is 238 g/mol. The van der Waals surface area contributed by atoms with Crippen LogP contribution in [0.4, 0.5) is 0 Å². The molecule has 0 radical (unpaired) electrons. The highest BCUT2D eigenvalue weighted by Crippen LogP contribution is 2.38. The van der Waals surface area contributed by atoms with Crippen LogP contribution in [0.2, 0.25) is 0 Å². The average molecular weight is 263 g/mol. The lowest BCUT2D eigenvalue weighted by Gasteiger charge is -2.58. The van der Waals surface area contributed by atoms with Crippen LogP contribution in [-0.2, 0) is 11.3 Å². The lowest BCUT2D eigenvalue weighted by molar-refractivity contribution is -0.922. The SMILES string of the molecule is CC1C(OCc2ccccc2)CC[N+](C)([O-])C1(C)C. The molecule has 3 atom stereocenters. The van der Waals surface area contributed by atoms with E-state index < -0.39 is 0 Å². The molecule has 1 heterocycles. The highest BCUT2D eigenvalue weighted by molar-refractivity contribution is 5.13. The van der Waals surface area contributed by atoms with Crippen LogP contribution in [-0.4, -0.2) is 29.9 Å². The van der Waals surface area contributed by atoms with Crippen molar-refractivity contribution in [3.05, 3.63) is 41.1 Å². The van der Waals surface area contributed by atoms with Gasteiger partial charge in [0, 0.05) is 12.3 Å². The Labute approximate surface area is 116 Å². The van der Waals surface area contributed by atoms with E-state index in [-0.39, 0.29) is 22.2 Å². The van der Waals surface area contributed by atoms with Gasteiger partial charge in [0.05, 0.1) is 31.8 Å². The van der Waals surface area contributed by atoms with Gasteiger partial charge in [-0.2, -0.15) is 0 Å². The van der Waals surface area contributed by atoms with Crippen molar-refractivity contribution in [3.63, 3.8) is 0 Å². The number of quaternary nitrogens is 1. The molecule has 0 saturated carbocycles. The van der Waals surface area contributed by atoms with Crippen LogP contribution in [0.25, 0.3) is 0 Å². The second-order valence-electron chi connectivity index (χ2n) is 6.39. The summed E-state index contributed by atoms with van der Waals surface area (Å²) in [4.78, 5) is 0. The normalized spacial score (nSPS) is 34.2. The molecule has 0 bridgehead atoms. The van der Waals surface area contributed by atoms with Gasteiger partial charge in [0.1, 0.15) is 0 Å². The van der Waals surface area contributed by atoms with Gasteiger partial charge >= 0.3 is 0 Å². The van der Waals surface area contributed by atoms with Crippen LogP contribution in [0.15, 0.2) is 30.3 Å². The Hall–Kier alpha value is -0.900. The molecule has 3 nitrogen and oxygen atoms in total. The lowest BCUT2D eigenvalue weighted by Crippen LogP contribution is -2.65. The van der Waals surface area contributed by atoms with E-state index in [1.807, 2.05) is 18.2 Å². The highest BCUT2D eigenvalue weighted by Gasteiger charge is 2.47. The van der Waals surface area contributed by atoms with Crippen molar-refractivity contribution in [3.8, 4) is 0 Å². The van der Waals surface area contributed by atoms with Gasteiger partial charge in [0.25, 0.3) is 0 Å². The first-order chi connectivity index (χ1) is 8.84. The zero-order valence-corrected chi connectivity index (χ0v) is 12.4. The van der Waals surface area contributed by atoms with Gasteiger partial charge in [-0.3, -0.25) is 0 Å². The standard InChI is InChI=1S/C16H25NO2/c1-13-15(10-11-17(4,18)16(13,2)3)19-12-14-8-6-5-7-9-14/h5-9,13,15H,10-12H2,1-4H3. The molecule has 1 aromatic carbocycles. The van der Waals surface area contributed by atoms with Crippen LogP contribution in [0, 0.1) is 11.1 Å². The van der Waals surface area contributed by atoms with Crippen LogP contribution in [0.1, 0.15) is 32.8 Å². The number of hydroxylamine groups is 3. The van der Waals surface area contributed by atoms with Gasteiger partial charge in [0.15, 0.2) is 0 Å². The van der Waals surface area contributed by atoms with Crippen molar-refractivity contribution < 1.29 is 9.38 Å². The molecule has 3 unspecified atom stereocenters. The maximum Gasteiger partial charge on any atom is 0.0981 e. The Morgan fingerprint density at radius 3 is 2.58 bits per heavy atom. The van der Waals surface area contributed by atoms with Crippen molar-refractivity contribution in [2.24, 2.45) is 5.92 Å². The Morgan fingerprint density at radius 1 is 1.32 bits per heavy atom. The van der Waals surface area contributed by atoms with E-state index in [0.717, 1.165) is 6.42 Å². The summed E-state index contributed by atoms with van der Waals surface area (Å²) < 4.78 is 5.89. The van der Waals surface area contributed by atoms with Crippen LogP contribution in [0.3, 0.4) is 0 Å². The minimum absolute atomic E-state index is 0.167. The molecule has 2 rings (SSSR count). The minimum Gasteiger partial charge on any atom is -0.633 e. The zero-order chi connectivity index (χ0) is 14.1. The fraction of sp³-hybridized carbons (Fsp3) is 0.625. The zero-order valence-electron chi connectivity index (χ0n) is 12.4. The molecule has 3 heteroatoms. The molecule has 0 N–H and O–H groups in total. The van der Waals surface area contributed by atoms with Crippen LogP contribution < -0.4 is 0 Å². The highest BCUT2D eigenvalue weighted by atomic mass is 16.6. The van der Waals surface area contributed by atoms with E-state index in [9.17, 15) is 5.21 Å². The summed E-state index contributed by atoms with van der Waals surface area (Å²) in [5.74, 6) is 0.257. The molecule has 0 aliphatic carbocycles. The summed E-state index contributed by atoms with van der Waals surface area (Å²) in [6.07, 6.45) is 1.02. The molecule has 0 aromatic heterocycles. The van der Waals surface area contributed by atoms with Crippen molar-refractivity contribution in [2.75, 3.05) is 13.6 Å². The Morgan fingerprint density at radius 2 is 1.95 bits per heavy atom. The Balaban J connectivity index is 1.99. The second kappa shape index (κ2) is 5.23. The van der Waals surface area contributed by atoms with Crippen molar-refractivity contribution in [1.82, 2.24) is 0 Å². The van der Waals surface area contributed by atoms with E-state index in [4.69, 9.17) is 4.74 Å². The third kappa shape index (κ3) is 2.83. The summed E-state index contributed by atoms with van der Waals surface area (Å²) in [7, 11) is 1.78. The lowest BCUT2D eigenvalue weighted by atomic mass is 9.78. The van der Waals surface area contributed by atoms with Crippen LogP contribution >= 0.6 is 0 Å². The molecular formula is C16H25NO2. The predicted molar refractivity (Wildman–Crippen MR) is 77.3 cm³/mol. The summed E-state index contributed by atoms with van der Waals surface area (Å²) in [5, 5.41) is 12.5. The van der Waals surface area contributed by atoms with Gasteiger partial charge in [-0.05, 0) is 19.4 Å². The Kier molecular flexibility index (Phi) is 4.00. The molecule has 1 aliphatic heterocycles. The Bertz CT molecular complexity index is 414. The van der Waals surface area contributed by atoms with E-state index in [0.29, 0.717) is 13.2 Å². The molecule has 1 saturated heterocycles. The van der Waals surface area contributed by atoms with Gasteiger partial charge in [0.2, 0.25) is 0 Å². The van der Waals surface area contributed by atoms with Crippen molar-refractivity contribution >= 4 is 0 Å². The largest absolute Gasteiger partial charge is 0.633 e. The van der Waals surface area contributed by atoms with Crippen molar-refractivity contribution in [2.45, 2.75) is 45.4 Å². The maximum absolute atomic E-state index is 12.5. The number of piperidine rings is 1. The van der Waals surface area contributed by atoms with Crippen molar-refractivity contribution in [1.29, 1.82) is 0 Å². The number of hydrogen-bond acceptors (Lipinski definition) is 2. The summed E-state index contributed by atoms with van der Waals surface area (Å²) in [6, 6.07) is 10.2. The number of ether oxygens (including phenoxy) is 1. The number of nitrogens with zero attached hydrogens (tertiary/aromatic N) is 1. The van der Waals surface area contributed by atoms with Crippen LogP contribution in [0.5, 0.6) is 0 Å². The van der Waals surface area contributed by atoms with E-state index in [1.54, 1.807) is 7.05 Å². The van der Waals surface area contributed by atoms with Gasteiger partial charge < -0.3 is 14.6 Å². The first-order valence-corrected chi connectivity index (χ1v) is 7.07. The average Bonchev–Trinajstić information content (AvgIpc) is 2.37. The molecule has 0 spiro atoms. The number of rotatable bonds is 3. The number of hydrogen-bond donors (Lipinski definition) is 0. The molecule has 0 amide bonds. The fourth-order valence-corrected chi connectivity index (χ4v) is 2.80. The third-order valence-corrected chi connectivity index (χ3v) is 5.04. The summed E-state index contributed by atoms with van der Waals surface area (Å²) in [5.41, 5.74) is 0.900. The topological polar surface area (TPSA) is 32.3 Å². The molecule has 19 heavy (non-hydrogen) atoms. The fourth-order valence-electron chi connectivity index (χ4n) is 2.80. The maximum atomic E-state index is 12.5. The second-order valence-corrected chi connectivity index (χ2v) is 6.39. The van der Waals surface area contributed by atoms with Gasteiger partial charge in [-0.1, -0.05) is 37.3 Å². The van der Waals surface area contributed by atoms with E-state index in [1.165, 1.54) is 5.56 Å². The summed E-state index contributed by atoms with van der Waals surface area (Å²) in [6.45, 7) is 7.53. The molecule has 1 aromatic rings. The first-order valence-electron chi connectivity index (χ1n) is 7.07. The third-order valence-electron chi connectivity index (χ3n) is 5.04. The van der Waals surface area contributed by atoms with E-state index in [2.05, 4.69) is 32.9 Å². The summed E-state index contributed by atoms with van der Waals surface area (Å²) >= 11 is 0. The number of benzene rings is 1.